The van der Waals surface area contributed by atoms with E-state index in [1.807, 2.05) is 31.2 Å². The van der Waals surface area contributed by atoms with Gasteiger partial charge in [-0.1, -0.05) is 29.8 Å². The molecule has 0 aliphatic carbocycles. The topological polar surface area (TPSA) is 84.2 Å². The van der Waals surface area contributed by atoms with Crippen LogP contribution in [0.4, 0.5) is 5.69 Å². The van der Waals surface area contributed by atoms with Gasteiger partial charge in [-0.15, -0.1) is 0 Å². The summed E-state index contributed by atoms with van der Waals surface area (Å²) in [5, 5.41) is 20.0. The third-order valence-electron chi connectivity index (χ3n) is 3.48. The summed E-state index contributed by atoms with van der Waals surface area (Å²) in [5.41, 5.74) is 3.92. The Morgan fingerprint density at radius 3 is 2.64 bits per heavy atom. The van der Waals surface area contributed by atoms with Gasteiger partial charge in [0.1, 0.15) is 5.65 Å². The molecule has 0 amide bonds. The van der Waals surface area contributed by atoms with Crippen molar-refractivity contribution in [1.82, 2.24) is 9.38 Å². The molecule has 0 fully saturated rings. The number of hydrogen-bond acceptors (Lipinski definition) is 4. The molecule has 0 spiro atoms. The van der Waals surface area contributed by atoms with Gasteiger partial charge < -0.3 is 0 Å². The van der Waals surface area contributed by atoms with Gasteiger partial charge in [0.15, 0.2) is 0 Å². The van der Waals surface area contributed by atoms with Crippen LogP contribution in [0.1, 0.15) is 11.3 Å². The largest absolute Gasteiger partial charge is 0.295 e. The molecule has 0 aliphatic rings. The predicted molar refractivity (Wildman–Crippen MR) is 81.3 cm³/mol. The second-order valence-electron chi connectivity index (χ2n) is 4.98. The zero-order chi connectivity index (χ0) is 15.7. The van der Waals surface area contributed by atoms with Crippen molar-refractivity contribution in [2.24, 2.45) is 0 Å². The minimum Gasteiger partial charge on any atom is -0.295 e. The molecule has 1 aromatic carbocycles. The molecule has 2 heterocycles. The molecule has 3 aromatic rings. The lowest BCUT2D eigenvalue weighted by atomic mass is 10.1. The van der Waals surface area contributed by atoms with Crippen LogP contribution in [-0.4, -0.2) is 14.3 Å². The van der Waals surface area contributed by atoms with E-state index >= 15 is 0 Å². The molecule has 0 aliphatic heterocycles. The number of benzene rings is 1. The van der Waals surface area contributed by atoms with Crippen LogP contribution < -0.4 is 0 Å². The van der Waals surface area contributed by atoms with Gasteiger partial charge in [0.25, 0.3) is 5.69 Å². The number of fused-ring (bicyclic) bond motifs is 1. The fourth-order valence-corrected chi connectivity index (χ4v) is 2.38. The fourth-order valence-electron chi connectivity index (χ4n) is 2.38. The van der Waals surface area contributed by atoms with Crippen LogP contribution in [0.2, 0.25) is 0 Å². The van der Waals surface area contributed by atoms with Gasteiger partial charge in [-0.3, -0.25) is 14.5 Å². The predicted octanol–water partition coefficient (Wildman–Crippen LogP) is 3.28. The molecule has 0 atom stereocenters. The van der Waals surface area contributed by atoms with E-state index in [0.717, 1.165) is 11.1 Å². The highest BCUT2D eigenvalue weighted by molar-refractivity contribution is 5.67. The molecule has 0 bridgehead atoms. The van der Waals surface area contributed by atoms with Crippen LogP contribution in [-0.2, 0) is 6.42 Å². The highest BCUT2D eigenvalue weighted by atomic mass is 16.6. The average molecular weight is 292 g/mol. The number of hydrogen-bond donors (Lipinski definition) is 0. The van der Waals surface area contributed by atoms with E-state index in [9.17, 15) is 10.1 Å². The Hall–Kier alpha value is -3.20. The highest BCUT2D eigenvalue weighted by Crippen LogP contribution is 2.26. The number of nitro groups is 1. The molecule has 0 unspecified atom stereocenters. The maximum atomic E-state index is 10.9. The Labute approximate surface area is 126 Å². The highest BCUT2D eigenvalue weighted by Gasteiger charge is 2.16. The molecule has 2 aromatic heterocycles. The summed E-state index contributed by atoms with van der Waals surface area (Å²) in [6.07, 6.45) is 1.54. The van der Waals surface area contributed by atoms with Crippen LogP contribution in [0.3, 0.4) is 0 Å². The summed E-state index contributed by atoms with van der Waals surface area (Å²) in [4.78, 5) is 15.0. The third-order valence-corrected chi connectivity index (χ3v) is 3.48. The van der Waals surface area contributed by atoms with Crippen molar-refractivity contribution in [3.05, 3.63) is 64.0 Å². The number of rotatable bonds is 3. The Bertz CT molecular complexity index is 904. The first-order valence-electron chi connectivity index (χ1n) is 6.69. The van der Waals surface area contributed by atoms with Gasteiger partial charge in [-0.05, 0) is 13.0 Å². The quantitative estimate of drug-likeness (QED) is 0.547. The molecule has 0 radical (unpaired) electrons. The van der Waals surface area contributed by atoms with E-state index in [4.69, 9.17) is 5.26 Å². The minimum absolute atomic E-state index is 0.0282. The number of aromatic nitrogens is 2. The van der Waals surface area contributed by atoms with Gasteiger partial charge in [0.05, 0.1) is 35.0 Å². The molecular formula is C16H12N4O2. The Morgan fingerprint density at radius 1 is 1.27 bits per heavy atom. The standard InChI is InChI=1S/C16H12N4O2/c1-11-2-4-12(5-3-11)16-14(8-9-17)19-10-13(20(21)22)6-7-15(19)18-16/h2-7,10H,8H2,1H3. The maximum Gasteiger partial charge on any atom is 0.286 e. The minimum atomic E-state index is -0.457. The van der Waals surface area contributed by atoms with Crippen molar-refractivity contribution in [3.63, 3.8) is 0 Å². The summed E-state index contributed by atoms with van der Waals surface area (Å²) in [5.74, 6) is 0. The van der Waals surface area contributed by atoms with Crippen LogP contribution in [0.15, 0.2) is 42.6 Å². The molecule has 6 nitrogen and oxygen atoms in total. The van der Waals surface area contributed by atoms with Crippen molar-refractivity contribution >= 4 is 11.3 Å². The number of nitrogens with zero attached hydrogens (tertiary/aromatic N) is 4. The van der Waals surface area contributed by atoms with Crippen molar-refractivity contribution < 1.29 is 4.92 Å². The normalized spacial score (nSPS) is 10.5. The molecular weight excluding hydrogens is 280 g/mol. The SMILES string of the molecule is Cc1ccc(-c2nc3ccc([N+](=O)[O-])cn3c2CC#N)cc1. The van der Waals surface area contributed by atoms with Gasteiger partial charge in [0.2, 0.25) is 0 Å². The zero-order valence-corrected chi connectivity index (χ0v) is 11.9. The second kappa shape index (κ2) is 5.30. The van der Waals surface area contributed by atoms with Gasteiger partial charge in [0, 0.05) is 11.6 Å². The van der Waals surface area contributed by atoms with Crippen LogP contribution in [0.25, 0.3) is 16.9 Å². The summed E-state index contributed by atoms with van der Waals surface area (Å²) < 4.78 is 1.62. The first kappa shape index (κ1) is 13.8. The first-order valence-corrected chi connectivity index (χ1v) is 6.69. The number of aryl methyl sites for hydroxylation is 1. The van der Waals surface area contributed by atoms with E-state index in [-0.39, 0.29) is 12.1 Å². The van der Waals surface area contributed by atoms with Gasteiger partial charge >= 0.3 is 0 Å². The fraction of sp³-hybridized carbons (Fsp3) is 0.125. The van der Waals surface area contributed by atoms with Crippen molar-refractivity contribution in [3.8, 4) is 17.3 Å². The lowest BCUT2D eigenvalue weighted by Gasteiger charge is -2.02. The molecule has 0 saturated carbocycles. The van der Waals surface area contributed by atoms with Crippen molar-refractivity contribution in [2.45, 2.75) is 13.3 Å². The van der Waals surface area contributed by atoms with Crippen molar-refractivity contribution in [2.75, 3.05) is 0 Å². The molecule has 6 heteroatoms. The summed E-state index contributed by atoms with van der Waals surface area (Å²) in [6.45, 7) is 1.99. The summed E-state index contributed by atoms with van der Waals surface area (Å²) in [7, 11) is 0. The number of pyridine rings is 1. The zero-order valence-electron chi connectivity index (χ0n) is 11.9. The van der Waals surface area contributed by atoms with E-state index in [1.54, 1.807) is 10.5 Å². The van der Waals surface area contributed by atoms with Crippen LogP contribution in [0, 0.1) is 28.4 Å². The first-order chi connectivity index (χ1) is 10.6. The molecule has 3 rings (SSSR count). The Balaban J connectivity index is 2.25. The Kier molecular flexibility index (Phi) is 3.31. The van der Waals surface area contributed by atoms with Gasteiger partial charge in [-0.25, -0.2) is 4.98 Å². The third kappa shape index (κ3) is 2.29. The molecule has 0 N–H and O–H groups in total. The van der Waals surface area contributed by atoms with E-state index < -0.39 is 4.92 Å². The Morgan fingerprint density at radius 2 is 2.00 bits per heavy atom. The van der Waals surface area contributed by atoms with Crippen LogP contribution in [0.5, 0.6) is 0 Å². The van der Waals surface area contributed by atoms with Crippen LogP contribution >= 0.6 is 0 Å². The number of imidazole rings is 1. The van der Waals surface area contributed by atoms with Gasteiger partial charge in [-0.2, -0.15) is 5.26 Å². The summed E-state index contributed by atoms with van der Waals surface area (Å²) in [6, 6.07) is 12.9. The monoisotopic (exact) mass is 292 g/mol. The molecule has 108 valence electrons. The molecule has 22 heavy (non-hydrogen) atoms. The van der Waals surface area contributed by atoms with E-state index in [2.05, 4.69) is 11.1 Å². The lowest BCUT2D eigenvalue weighted by Crippen LogP contribution is -1.96. The smallest absolute Gasteiger partial charge is 0.286 e. The van der Waals surface area contributed by atoms with E-state index in [1.165, 1.54) is 12.3 Å². The maximum absolute atomic E-state index is 10.9. The average Bonchev–Trinajstić information content (AvgIpc) is 2.86. The summed E-state index contributed by atoms with van der Waals surface area (Å²) >= 11 is 0. The number of nitriles is 1. The van der Waals surface area contributed by atoms with E-state index in [0.29, 0.717) is 17.0 Å². The van der Waals surface area contributed by atoms with Crippen molar-refractivity contribution in [1.29, 1.82) is 5.26 Å². The second-order valence-corrected chi connectivity index (χ2v) is 4.98. The molecule has 0 saturated heterocycles. The lowest BCUT2D eigenvalue weighted by molar-refractivity contribution is -0.385.